The van der Waals surface area contributed by atoms with Crippen molar-refractivity contribution >= 4 is 17.5 Å². The van der Waals surface area contributed by atoms with Crippen LogP contribution in [0.25, 0.3) is 0 Å². The van der Waals surface area contributed by atoms with Gasteiger partial charge in [-0.2, -0.15) is 5.26 Å². The minimum absolute atomic E-state index is 0.0318. The maximum Gasteiger partial charge on any atom is 0.312 e. The Morgan fingerprint density at radius 2 is 2.33 bits per heavy atom. The third-order valence-electron chi connectivity index (χ3n) is 3.76. The normalized spacial score (nSPS) is 15.6. The topological polar surface area (TPSA) is 129 Å². The Kier molecular flexibility index (Phi) is 4.03. The molecule has 1 saturated carbocycles. The van der Waals surface area contributed by atoms with Crippen LogP contribution >= 0.6 is 0 Å². The van der Waals surface area contributed by atoms with Gasteiger partial charge in [-0.3, -0.25) is 14.9 Å². The van der Waals surface area contributed by atoms with E-state index >= 15 is 0 Å². The van der Waals surface area contributed by atoms with Crippen molar-refractivity contribution in [2.45, 2.75) is 25.7 Å². The molecule has 1 aromatic heterocycles. The lowest BCUT2D eigenvalue weighted by molar-refractivity contribution is -0.384. The molecule has 0 atom stereocenters. The highest BCUT2D eigenvalue weighted by Crippen LogP contribution is 2.44. The standard InChI is InChI=1S/C13H14N4O4/c14-6-9-4-10(17(20)21)12(15-7-9)16-8-13(2-1-3-13)5-11(18)19/h4,7H,1-3,5,8H2,(H,15,16)(H,18,19). The Morgan fingerprint density at radius 1 is 1.62 bits per heavy atom. The number of pyridine rings is 1. The molecule has 8 heteroatoms. The Labute approximate surface area is 120 Å². The van der Waals surface area contributed by atoms with Gasteiger partial charge in [-0.25, -0.2) is 4.98 Å². The second-order valence-corrected chi connectivity index (χ2v) is 5.24. The van der Waals surface area contributed by atoms with Crippen LogP contribution in [0.1, 0.15) is 31.2 Å². The number of aliphatic carboxylic acids is 1. The molecular formula is C13H14N4O4. The van der Waals surface area contributed by atoms with Gasteiger partial charge in [0.15, 0.2) is 0 Å². The highest BCUT2D eigenvalue weighted by atomic mass is 16.6. The fourth-order valence-electron chi connectivity index (χ4n) is 2.47. The summed E-state index contributed by atoms with van der Waals surface area (Å²) in [5.74, 6) is -0.811. The predicted octanol–water partition coefficient (Wildman–Crippen LogP) is 1.92. The number of carboxylic acid groups (broad SMARTS) is 1. The quantitative estimate of drug-likeness (QED) is 0.604. The van der Waals surface area contributed by atoms with E-state index in [1.807, 2.05) is 0 Å². The molecule has 0 radical (unpaired) electrons. The summed E-state index contributed by atoms with van der Waals surface area (Å²) in [5, 5.41) is 31.5. The summed E-state index contributed by atoms with van der Waals surface area (Å²) in [4.78, 5) is 25.2. The van der Waals surface area contributed by atoms with Crippen LogP contribution in [0.15, 0.2) is 12.3 Å². The molecule has 1 aromatic rings. The molecule has 0 unspecified atom stereocenters. The minimum Gasteiger partial charge on any atom is -0.481 e. The Bertz CT molecular complexity index is 619. The third-order valence-corrected chi connectivity index (χ3v) is 3.76. The van der Waals surface area contributed by atoms with Crippen molar-refractivity contribution in [3.05, 3.63) is 27.9 Å². The minimum atomic E-state index is -0.876. The van der Waals surface area contributed by atoms with E-state index in [0.29, 0.717) is 6.54 Å². The van der Waals surface area contributed by atoms with Crippen molar-refractivity contribution in [2.24, 2.45) is 5.41 Å². The first kappa shape index (κ1) is 14.7. The van der Waals surface area contributed by atoms with Crippen LogP contribution in [0.2, 0.25) is 0 Å². The van der Waals surface area contributed by atoms with E-state index in [1.165, 1.54) is 6.20 Å². The van der Waals surface area contributed by atoms with Crippen molar-refractivity contribution in [2.75, 3.05) is 11.9 Å². The van der Waals surface area contributed by atoms with Crippen LogP contribution in [0.5, 0.6) is 0 Å². The van der Waals surface area contributed by atoms with Crippen molar-refractivity contribution in [3.8, 4) is 6.07 Å². The van der Waals surface area contributed by atoms with E-state index in [0.717, 1.165) is 25.3 Å². The number of nitro groups is 1. The first-order valence-electron chi connectivity index (χ1n) is 6.46. The molecule has 8 nitrogen and oxygen atoms in total. The van der Waals surface area contributed by atoms with Crippen LogP contribution in [-0.2, 0) is 4.79 Å². The summed E-state index contributed by atoms with van der Waals surface area (Å²) >= 11 is 0. The van der Waals surface area contributed by atoms with Gasteiger partial charge in [0.05, 0.1) is 16.9 Å². The lowest BCUT2D eigenvalue weighted by Crippen LogP contribution is -2.38. The largest absolute Gasteiger partial charge is 0.481 e. The molecule has 0 spiro atoms. The second kappa shape index (κ2) is 5.75. The Balaban J connectivity index is 2.14. The van der Waals surface area contributed by atoms with Crippen LogP contribution in [-0.4, -0.2) is 27.5 Å². The summed E-state index contributed by atoms with van der Waals surface area (Å²) in [5.41, 5.74) is -0.537. The summed E-state index contributed by atoms with van der Waals surface area (Å²) in [6.07, 6.45) is 3.79. The molecule has 2 rings (SSSR count). The van der Waals surface area contributed by atoms with Gasteiger partial charge in [-0.05, 0) is 18.3 Å². The first-order chi connectivity index (χ1) is 9.96. The third kappa shape index (κ3) is 3.25. The highest BCUT2D eigenvalue weighted by Gasteiger charge is 2.39. The number of anilines is 1. The molecule has 1 aliphatic carbocycles. The van der Waals surface area contributed by atoms with E-state index in [9.17, 15) is 14.9 Å². The zero-order valence-corrected chi connectivity index (χ0v) is 11.2. The van der Waals surface area contributed by atoms with Crippen LogP contribution in [0, 0.1) is 26.9 Å². The molecule has 1 heterocycles. The zero-order chi connectivity index (χ0) is 15.5. The van der Waals surface area contributed by atoms with Gasteiger partial charge in [0.2, 0.25) is 5.82 Å². The number of hydrogen-bond donors (Lipinski definition) is 2. The number of aromatic nitrogens is 1. The second-order valence-electron chi connectivity index (χ2n) is 5.24. The summed E-state index contributed by atoms with van der Waals surface area (Å²) in [7, 11) is 0. The van der Waals surface area contributed by atoms with E-state index in [-0.39, 0.29) is 28.9 Å². The number of nitrogens with zero attached hydrogens (tertiary/aromatic N) is 3. The SMILES string of the molecule is N#Cc1cnc(NCC2(CC(=O)O)CCC2)c([N+](=O)[O-])c1. The maximum absolute atomic E-state index is 11.0. The molecule has 0 amide bonds. The number of hydrogen-bond acceptors (Lipinski definition) is 6. The molecule has 0 aliphatic heterocycles. The number of nitriles is 1. The van der Waals surface area contributed by atoms with Gasteiger partial charge in [0.25, 0.3) is 0 Å². The fraction of sp³-hybridized carbons (Fsp3) is 0.462. The average molecular weight is 290 g/mol. The van der Waals surface area contributed by atoms with Crippen molar-refractivity contribution in [1.82, 2.24) is 4.98 Å². The highest BCUT2D eigenvalue weighted by molar-refractivity contribution is 5.68. The molecule has 0 bridgehead atoms. The van der Waals surface area contributed by atoms with Crippen molar-refractivity contribution < 1.29 is 14.8 Å². The van der Waals surface area contributed by atoms with E-state index < -0.39 is 10.9 Å². The molecule has 0 saturated heterocycles. The van der Waals surface area contributed by atoms with Gasteiger partial charge >= 0.3 is 11.7 Å². The first-order valence-corrected chi connectivity index (χ1v) is 6.46. The molecule has 2 N–H and O–H groups in total. The monoisotopic (exact) mass is 290 g/mol. The molecule has 1 fully saturated rings. The van der Waals surface area contributed by atoms with Crippen molar-refractivity contribution in [3.63, 3.8) is 0 Å². The van der Waals surface area contributed by atoms with Gasteiger partial charge < -0.3 is 10.4 Å². The van der Waals surface area contributed by atoms with Crippen LogP contribution in [0.4, 0.5) is 11.5 Å². The average Bonchev–Trinajstić information content (AvgIpc) is 2.41. The van der Waals surface area contributed by atoms with E-state index in [2.05, 4.69) is 10.3 Å². The van der Waals surface area contributed by atoms with Crippen LogP contribution < -0.4 is 5.32 Å². The zero-order valence-electron chi connectivity index (χ0n) is 11.2. The van der Waals surface area contributed by atoms with Crippen LogP contribution in [0.3, 0.4) is 0 Å². The lowest BCUT2D eigenvalue weighted by Gasteiger charge is -2.40. The number of rotatable bonds is 6. The number of nitrogens with one attached hydrogen (secondary N) is 1. The van der Waals surface area contributed by atoms with E-state index in [4.69, 9.17) is 10.4 Å². The Morgan fingerprint density at radius 3 is 2.81 bits per heavy atom. The van der Waals surface area contributed by atoms with Gasteiger partial charge in [-0.1, -0.05) is 6.42 Å². The lowest BCUT2D eigenvalue weighted by atomic mass is 9.66. The van der Waals surface area contributed by atoms with E-state index in [1.54, 1.807) is 6.07 Å². The molecule has 21 heavy (non-hydrogen) atoms. The molecular weight excluding hydrogens is 276 g/mol. The Hall–Kier alpha value is -2.69. The molecule has 0 aromatic carbocycles. The van der Waals surface area contributed by atoms with Gasteiger partial charge in [0, 0.05) is 18.8 Å². The fourth-order valence-corrected chi connectivity index (χ4v) is 2.47. The van der Waals surface area contributed by atoms with Gasteiger partial charge in [0.1, 0.15) is 6.07 Å². The summed E-state index contributed by atoms with van der Waals surface area (Å²) in [6.45, 7) is 0.318. The van der Waals surface area contributed by atoms with Crippen molar-refractivity contribution in [1.29, 1.82) is 5.26 Å². The number of carboxylic acids is 1. The maximum atomic E-state index is 11.0. The summed E-state index contributed by atoms with van der Waals surface area (Å²) in [6, 6.07) is 2.95. The molecule has 1 aliphatic rings. The predicted molar refractivity (Wildman–Crippen MR) is 72.6 cm³/mol. The number of carbonyl (C=O) groups is 1. The smallest absolute Gasteiger partial charge is 0.312 e. The van der Waals surface area contributed by atoms with Gasteiger partial charge in [-0.15, -0.1) is 0 Å². The summed E-state index contributed by atoms with van der Waals surface area (Å²) < 4.78 is 0. The molecule has 110 valence electrons.